The molecule has 3 nitrogen and oxygen atoms in total. The molecule has 0 unspecified atom stereocenters. The lowest BCUT2D eigenvalue weighted by Gasteiger charge is -2.04. The number of hydrogen-bond donors (Lipinski definition) is 1. The Bertz CT molecular complexity index is 807. The Balaban J connectivity index is 2.11. The number of oxazole rings is 1. The number of hydrogen-bond acceptors (Lipinski definition) is 3. The summed E-state index contributed by atoms with van der Waals surface area (Å²) in [5.41, 5.74) is 9.34. The molecule has 3 rings (SSSR count). The van der Waals surface area contributed by atoms with Crippen LogP contribution in [0.4, 0.5) is 5.69 Å². The fraction of sp³-hybridized carbons (Fsp3) is 0.188. The number of benzene rings is 2. The van der Waals surface area contributed by atoms with Crippen molar-refractivity contribution in [1.29, 1.82) is 0 Å². The fourth-order valence-corrected chi connectivity index (χ4v) is 2.63. The third-order valence-corrected chi connectivity index (χ3v) is 4.13. The molecule has 1 aromatic heterocycles. The lowest BCUT2D eigenvalue weighted by Crippen LogP contribution is -1.88. The van der Waals surface area contributed by atoms with Crippen LogP contribution in [0.1, 0.15) is 25.3 Å². The van der Waals surface area contributed by atoms with E-state index < -0.39 is 0 Å². The molecule has 3 aromatic rings. The summed E-state index contributed by atoms with van der Waals surface area (Å²) in [6, 6.07) is 9.74. The van der Waals surface area contributed by atoms with Gasteiger partial charge in [0.1, 0.15) is 5.52 Å². The van der Waals surface area contributed by atoms with E-state index in [9.17, 15) is 0 Å². The number of rotatable bonds is 2. The molecule has 0 radical (unpaired) electrons. The highest BCUT2D eigenvalue weighted by Crippen LogP contribution is 2.37. The van der Waals surface area contributed by atoms with Crippen molar-refractivity contribution in [3.05, 3.63) is 45.9 Å². The minimum absolute atomic E-state index is 0.320. The van der Waals surface area contributed by atoms with Gasteiger partial charge in [-0.05, 0) is 23.6 Å². The summed E-state index contributed by atoms with van der Waals surface area (Å²) >= 11 is 12.2. The van der Waals surface area contributed by atoms with Crippen molar-refractivity contribution in [2.45, 2.75) is 19.8 Å². The van der Waals surface area contributed by atoms with Crippen LogP contribution in [0.2, 0.25) is 10.0 Å². The van der Waals surface area contributed by atoms with E-state index in [1.165, 1.54) is 5.56 Å². The van der Waals surface area contributed by atoms with Gasteiger partial charge in [0.25, 0.3) is 0 Å². The molecule has 0 amide bonds. The van der Waals surface area contributed by atoms with Gasteiger partial charge in [-0.15, -0.1) is 0 Å². The lowest BCUT2D eigenvalue weighted by atomic mass is 10.0. The van der Waals surface area contributed by atoms with E-state index in [1.54, 1.807) is 6.07 Å². The molecule has 0 fully saturated rings. The molecule has 2 N–H and O–H groups in total. The first-order chi connectivity index (χ1) is 9.97. The third-order valence-electron chi connectivity index (χ3n) is 3.44. The van der Waals surface area contributed by atoms with E-state index in [4.69, 9.17) is 33.4 Å². The number of anilines is 1. The molecule has 108 valence electrons. The maximum atomic E-state index is 6.17. The number of fused-ring (bicyclic) bond motifs is 1. The van der Waals surface area contributed by atoms with Crippen molar-refractivity contribution in [1.82, 2.24) is 4.98 Å². The van der Waals surface area contributed by atoms with Crippen molar-refractivity contribution >= 4 is 40.0 Å². The van der Waals surface area contributed by atoms with E-state index in [1.807, 2.05) is 12.1 Å². The smallest absolute Gasteiger partial charge is 0.227 e. The molecule has 0 atom stereocenters. The molecule has 0 aliphatic heterocycles. The molecule has 21 heavy (non-hydrogen) atoms. The van der Waals surface area contributed by atoms with Gasteiger partial charge in [0.2, 0.25) is 5.89 Å². The van der Waals surface area contributed by atoms with Crippen LogP contribution in [0.3, 0.4) is 0 Å². The summed E-state index contributed by atoms with van der Waals surface area (Å²) in [6.45, 7) is 4.30. The third kappa shape index (κ3) is 2.47. The van der Waals surface area contributed by atoms with Gasteiger partial charge in [0.05, 0.1) is 15.7 Å². The van der Waals surface area contributed by atoms with Gasteiger partial charge in [0, 0.05) is 11.6 Å². The second-order valence-corrected chi connectivity index (χ2v) is 6.01. The minimum atomic E-state index is 0.320. The predicted molar refractivity (Wildman–Crippen MR) is 88.0 cm³/mol. The van der Waals surface area contributed by atoms with Crippen LogP contribution in [-0.2, 0) is 0 Å². The molecule has 0 saturated carbocycles. The van der Waals surface area contributed by atoms with Crippen molar-refractivity contribution < 1.29 is 4.42 Å². The first-order valence-electron chi connectivity index (χ1n) is 6.61. The fourth-order valence-electron chi connectivity index (χ4n) is 2.15. The Hall–Kier alpha value is -1.71. The average Bonchev–Trinajstić information content (AvgIpc) is 2.89. The Morgan fingerprint density at radius 3 is 2.43 bits per heavy atom. The normalized spacial score (nSPS) is 11.5. The number of aromatic nitrogens is 1. The molecule has 5 heteroatoms. The summed E-state index contributed by atoms with van der Waals surface area (Å²) in [4.78, 5) is 4.42. The maximum Gasteiger partial charge on any atom is 0.227 e. The molecule has 2 aromatic carbocycles. The zero-order valence-corrected chi connectivity index (χ0v) is 13.2. The van der Waals surface area contributed by atoms with Crippen molar-refractivity contribution in [3.63, 3.8) is 0 Å². The van der Waals surface area contributed by atoms with E-state index in [0.717, 1.165) is 5.56 Å². The van der Waals surface area contributed by atoms with E-state index in [0.29, 0.717) is 38.6 Å². The maximum absolute atomic E-state index is 6.17. The van der Waals surface area contributed by atoms with Gasteiger partial charge in [-0.1, -0.05) is 49.2 Å². The summed E-state index contributed by atoms with van der Waals surface area (Å²) in [5.74, 6) is 0.986. The van der Waals surface area contributed by atoms with E-state index >= 15 is 0 Å². The van der Waals surface area contributed by atoms with E-state index in [2.05, 4.69) is 31.0 Å². The highest BCUT2D eigenvalue weighted by molar-refractivity contribution is 6.42. The van der Waals surface area contributed by atoms with Crippen LogP contribution < -0.4 is 5.73 Å². The van der Waals surface area contributed by atoms with Crippen LogP contribution in [0.15, 0.2) is 34.7 Å². The first kappa shape index (κ1) is 14.2. The van der Waals surface area contributed by atoms with Crippen molar-refractivity contribution in [2.24, 2.45) is 0 Å². The predicted octanol–water partition coefficient (Wildman–Crippen LogP) is 5.51. The van der Waals surface area contributed by atoms with Gasteiger partial charge >= 0.3 is 0 Å². The van der Waals surface area contributed by atoms with Crippen LogP contribution >= 0.6 is 23.2 Å². The molecule has 0 aliphatic rings. The van der Waals surface area contributed by atoms with Crippen LogP contribution in [0.5, 0.6) is 0 Å². The van der Waals surface area contributed by atoms with Gasteiger partial charge in [-0.2, -0.15) is 0 Å². The second-order valence-electron chi connectivity index (χ2n) is 5.23. The van der Waals surface area contributed by atoms with Gasteiger partial charge in [-0.3, -0.25) is 0 Å². The highest BCUT2D eigenvalue weighted by Gasteiger charge is 2.15. The van der Waals surface area contributed by atoms with Crippen molar-refractivity contribution in [2.75, 3.05) is 5.73 Å². The Kier molecular flexibility index (Phi) is 3.56. The molecule has 0 spiro atoms. The molecule has 0 aliphatic carbocycles. The van der Waals surface area contributed by atoms with Gasteiger partial charge in [-0.25, -0.2) is 4.98 Å². The number of nitrogen functional groups attached to an aromatic ring is 1. The lowest BCUT2D eigenvalue weighted by molar-refractivity contribution is 0.620. The number of nitrogens with two attached hydrogens (primary N) is 1. The highest BCUT2D eigenvalue weighted by atomic mass is 35.5. The quantitative estimate of drug-likeness (QED) is 0.633. The molecular weight excluding hydrogens is 307 g/mol. The molecular formula is C16H14Cl2N2O. The summed E-state index contributed by atoms with van der Waals surface area (Å²) in [7, 11) is 0. The average molecular weight is 321 g/mol. The first-order valence-corrected chi connectivity index (χ1v) is 7.37. The van der Waals surface area contributed by atoms with Crippen LogP contribution in [0.25, 0.3) is 22.6 Å². The van der Waals surface area contributed by atoms with Gasteiger partial charge in [0.15, 0.2) is 5.58 Å². The summed E-state index contributed by atoms with van der Waals surface area (Å²) in [6.07, 6.45) is 0. The SMILES string of the molecule is CC(C)c1ccc(-c2nc3c(Cl)c(N)c(Cl)cc3o2)cc1. The number of halogens is 2. The topological polar surface area (TPSA) is 52.0 Å². The molecule has 1 heterocycles. The molecule has 0 bridgehead atoms. The van der Waals surface area contributed by atoms with Crippen LogP contribution in [-0.4, -0.2) is 4.98 Å². The zero-order chi connectivity index (χ0) is 15.1. The van der Waals surface area contributed by atoms with Gasteiger partial charge < -0.3 is 10.2 Å². The van der Waals surface area contributed by atoms with Crippen LogP contribution in [0, 0.1) is 0 Å². The van der Waals surface area contributed by atoms with E-state index in [-0.39, 0.29) is 0 Å². The molecule has 0 saturated heterocycles. The number of nitrogens with zero attached hydrogens (tertiary/aromatic N) is 1. The standard InChI is InChI=1S/C16H14Cl2N2O/c1-8(2)9-3-5-10(6-4-9)16-20-15-12(21-16)7-11(17)14(19)13(15)18/h3-8H,19H2,1-2H3. The Morgan fingerprint density at radius 1 is 1.14 bits per heavy atom. The monoisotopic (exact) mass is 320 g/mol. The largest absolute Gasteiger partial charge is 0.436 e. The Labute approximate surface area is 132 Å². The Morgan fingerprint density at radius 2 is 1.81 bits per heavy atom. The van der Waals surface area contributed by atoms with Crippen molar-refractivity contribution in [3.8, 4) is 11.5 Å². The summed E-state index contributed by atoms with van der Waals surface area (Å²) in [5, 5.41) is 0.691. The minimum Gasteiger partial charge on any atom is -0.436 e. The zero-order valence-electron chi connectivity index (χ0n) is 11.7. The second kappa shape index (κ2) is 5.24. The summed E-state index contributed by atoms with van der Waals surface area (Å²) < 4.78 is 5.74.